The van der Waals surface area contributed by atoms with Gasteiger partial charge in [-0.1, -0.05) is 11.6 Å². The van der Waals surface area contributed by atoms with Gasteiger partial charge >= 0.3 is 0 Å². The molecule has 2 aromatic carbocycles. The van der Waals surface area contributed by atoms with Gasteiger partial charge in [-0.2, -0.15) is 5.26 Å². The number of Topliss-reactive ketones (excluding diaryl/α,β-unsaturated/α-hetero) is 1. The van der Waals surface area contributed by atoms with Crippen LogP contribution in [0.1, 0.15) is 22.8 Å². The van der Waals surface area contributed by atoms with Crippen molar-refractivity contribution in [2.24, 2.45) is 0 Å². The average molecular weight is 290 g/mol. The Balaban J connectivity index is 2.29. The number of hydrogen-bond acceptors (Lipinski definition) is 3. The second-order valence-corrected chi connectivity index (χ2v) is 4.46. The van der Waals surface area contributed by atoms with Crippen molar-refractivity contribution in [2.75, 3.05) is 0 Å². The quantitative estimate of drug-likeness (QED) is 0.790. The molecule has 0 aromatic heterocycles. The van der Waals surface area contributed by atoms with E-state index in [-0.39, 0.29) is 22.1 Å². The topological polar surface area (TPSA) is 50.1 Å². The summed E-state index contributed by atoms with van der Waals surface area (Å²) in [4.78, 5) is 11.2. The minimum atomic E-state index is -0.643. The van der Waals surface area contributed by atoms with E-state index in [1.54, 1.807) is 0 Å². The third-order valence-corrected chi connectivity index (χ3v) is 2.92. The fraction of sp³-hybridized carbons (Fsp3) is 0.0667. The molecule has 2 aromatic rings. The summed E-state index contributed by atoms with van der Waals surface area (Å²) in [6.07, 6.45) is 0. The Morgan fingerprint density at radius 3 is 2.60 bits per heavy atom. The number of nitriles is 1. The molecule has 0 aliphatic rings. The van der Waals surface area contributed by atoms with Crippen LogP contribution in [0.25, 0.3) is 0 Å². The summed E-state index contributed by atoms with van der Waals surface area (Å²) >= 11 is 5.94. The molecule has 20 heavy (non-hydrogen) atoms. The van der Waals surface area contributed by atoms with Crippen LogP contribution in [0.15, 0.2) is 36.4 Å². The Morgan fingerprint density at radius 2 is 2.05 bits per heavy atom. The first kappa shape index (κ1) is 14.0. The van der Waals surface area contributed by atoms with E-state index in [2.05, 4.69) is 0 Å². The summed E-state index contributed by atoms with van der Waals surface area (Å²) in [5.41, 5.74) is 0.583. The standard InChI is InChI=1S/C15H9ClFNO2/c1-9(19)12-4-3-11(7-13(12)16)20-15-5-2-10(8-18)6-14(15)17/h2-7H,1H3. The monoisotopic (exact) mass is 289 g/mol. The number of nitrogens with zero attached hydrogens (tertiary/aromatic N) is 1. The van der Waals surface area contributed by atoms with E-state index < -0.39 is 5.82 Å². The number of carbonyl (C=O) groups excluding carboxylic acids is 1. The minimum absolute atomic E-state index is 0.0179. The van der Waals surface area contributed by atoms with Gasteiger partial charge in [0.05, 0.1) is 16.7 Å². The van der Waals surface area contributed by atoms with E-state index in [1.165, 1.54) is 37.3 Å². The van der Waals surface area contributed by atoms with Gasteiger partial charge in [-0.25, -0.2) is 4.39 Å². The summed E-state index contributed by atoms with van der Waals surface area (Å²) in [6.45, 7) is 1.40. The lowest BCUT2D eigenvalue weighted by atomic mass is 10.1. The van der Waals surface area contributed by atoms with Crippen LogP contribution in [0.5, 0.6) is 11.5 Å². The zero-order chi connectivity index (χ0) is 14.7. The molecule has 0 bridgehead atoms. The lowest BCUT2D eigenvalue weighted by Crippen LogP contribution is -1.94. The van der Waals surface area contributed by atoms with Crippen molar-refractivity contribution >= 4 is 17.4 Å². The summed E-state index contributed by atoms with van der Waals surface area (Å²) in [7, 11) is 0. The number of ketones is 1. The van der Waals surface area contributed by atoms with Crippen molar-refractivity contribution in [3.8, 4) is 17.6 Å². The maximum Gasteiger partial charge on any atom is 0.167 e. The average Bonchev–Trinajstić information content (AvgIpc) is 2.40. The van der Waals surface area contributed by atoms with Gasteiger partial charge in [-0.15, -0.1) is 0 Å². The zero-order valence-electron chi connectivity index (χ0n) is 10.5. The molecule has 0 radical (unpaired) electrons. The van der Waals surface area contributed by atoms with E-state index in [0.29, 0.717) is 11.3 Å². The zero-order valence-corrected chi connectivity index (χ0v) is 11.2. The third-order valence-electron chi connectivity index (χ3n) is 2.61. The van der Waals surface area contributed by atoms with Crippen LogP contribution in [0.2, 0.25) is 5.02 Å². The fourth-order valence-electron chi connectivity index (χ4n) is 1.62. The number of benzene rings is 2. The molecule has 100 valence electrons. The lowest BCUT2D eigenvalue weighted by molar-refractivity contribution is 0.101. The van der Waals surface area contributed by atoms with Crippen molar-refractivity contribution in [1.82, 2.24) is 0 Å². The first-order valence-electron chi connectivity index (χ1n) is 5.69. The maximum atomic E-state index is 13.7. The first-order chi connectivity index (χ1) is 9.51. The molecular weight excluding hydrogens is 281 g/mol. The summed E-state index contributed by atoms with van der Waals surface area (Å²) in [5.74, 6) is -0.513. The number of rotatable bonds is 3. The molecule has 5 heteroatoms. The van der Waals surface area contributed by atoms with E-state index in [9.17, 15) is 9.18 Å². The predicted molar refractivity (Wildman–Crippen MR) is 72.6 cm³/mol. The normalized spacial score (nSPS) is 9.90. The highest BCUT2D eigenvalue weighted by Crippen LogP contribution is 2.29. The molecule has 3 nitrogen and oxygen atoms in total. The molecule has 0 unspecified atom stereocenters. The molecule has 0 heterocycles. The fourth-order valence-corrected chi connectivity index (χ4v) is 1.93. The molecule has 0 saturated carbocycles. The number of carbonyl (C=O) groups is 1. The van der Waals surface area contributed by atoms with Gasteiger partial charge in [-0.05, 0) is 37.3 Å². The molecule has 0 fully saturated rings. The molecule has 0 aliphatic heterocycles. The highest BCUT2D eigenvalue weighted by Gasteiger charge is 2.10. The van der Waals surface area contributed by atoms with E-state index in [0.717, 1.165) is 6.07 Å². The Hall–Kier alpha value is -2.38. The molecule has 0 N–H and O–H groups in total. The molecule has 0 aliphatic carbocycles. The maximum absolute atomic E-state index is 13.7. The minimum Gasteiger partial charge on any atom is -0.454 e. The SMILES string of the molecule is CC(=O)c1ccc(Oc2ccc(C#N)cc2F)cc1Cl. The second-order valence-electron chi connectivity index (χ2n) is 4.06. The Kier molecular flexibility index (Phi) is 4.02. The highest BCUT2D eigenvalue weighted by atomic mass is 35.5. The van der Waals surface area contributed by atoms with Gasteiger partial charge in [0.1, 0.15) is 5.75 Å². The predicted octanol–water partition coefficient (Wildman–Crippen LogP) is 4.35. The molecule has 0 saturated heterocycles. The Bertz CT molecular complexity index is 722. The Labute approximate surface area is 120 Å². The number of halogens is 2. The molecule has 0 amide bonds. The number of hydrogen-bond donors (Lipinski definition) is 0. The van der Waals surface area contributed by atoms with Crippen LogP contribution in [0.3, 0.4) is 0 Å². The smallest absolute Gasteiger partial charge is 0.167 e. The van der Waals surface area contributed by atoms with Gasteiger partial charge in [0.15, 0.2) is 17.3 Å². The van der Waals surface area contributed by atoms with Crippen LogP contribution in [0.4, 0.5) is 4.39 Å². The molecule has 0 spiro atoms. The van der Waals surface area contributed by atoms with E-state index in [4.69, 9.17) is 21.6 Å². The first-order valence-corrected chi connectivity index (χ1v) is 6.07. The van der Waals surface area contributed by atoms with Crippen LogP contribution >= 0.6 is 11.6 Å². The van der Waals surface area contributed by atoms with Crippen LogP contribution in [-0.4, -0.2) is 5.78 Å². The summed E-state index contributed by atoms with van der Waals surface area (Å²) in [6, 6.07) is 10.2. The number of ether oxygens (including phenoxy) is 1. The van der Waals surface area contributed by atoms with Crippen molar-refractivity contribution in [2.45, 2.75) is 6.92 Å². The van der Waals surface area contributed by atoms with Crippen LogP contribution in [-0.2, 0) is 0 Å². The second kappa shape index (κ2) is 5.72. The van der Waals surface area contributed by atoms with Gasteiger partial charge in [0.2, 0.25) is 0 Å². The van der Waals surface area contributed by atoms with Crippen LogP contribution in [0, 0.1) is 17.1 Å². The van der Waals surface area contributed by atoms with Gasteiger partial charge in [-0.3, -0.25) is 4.79 Å². The summed E-state index contributed by atoms with van der Waals surface area (Å²) in [5, 5.41) is 8.89. The molecular formula is C15H9ClFNO2. The van der Waals surface area contributed by atoms with Gasteiger partial charge < -0.3 is 4.74 Å². The van der Waals surface area contributed by atoms with Crippen LogP contribution < -0.4 is 4.74 Å². The third kappa shape index (κ3) is 2.95. The lowest BCUT2D eigenvalue weighted by Gasteiger charge is -2.08. The summed E-state index contributed by atoms with van der Waals surface area (Å²) < 4.78 is 19.0. The van der Waals surface area contributed by atoms with Gasteiger partial charge in [0, 0.05) is 11.6 Å². The van der Waals surface area contributed by atoms with E-state index >= 15 is 0 Å². The van der Waals surface area contributed by atoms with Crippen molar-refractivity contribution in [3.63, 3.8) is 0 Å². The van der Waals surface area contributed by atoms with Crippen molar-refractivity contribution in [1.29, 1.82) is 5.26 Å². The largest absolute Gasteiger partial charge is 0.454 e. The van der Waals surface area contributed by atoms with Crippen molar-refractivity contribution in [3.05, 3.63) is 58.4 Å². The van der Waals surface area contributed by atoms with E-state index in [1.807, 2.05) is 6.07 Å². The molecule has 2 rings (SSSR count). The molecule has 0 atom stereocenters. The van der Waals surface area contributed by atoms with Gasteiger partial charge in [0.25, 0.3) is 0 Å². The van der Waals surface area contributed by atoms with Crippen molar-refractivity contribution < 1.29 is 13.9 Å². The Morgan fingerprint density at radius 1 is 1.30 bits per heavy atom. The highest BCUT2D eigenvalue weighted by molar-refractivity contribution is 6.34.